The van der Waals surface area contributed by atoms with Gasteiger partial charge in [0, 0.05) is 22.0 Å². The van der Waals surface area contributed by atoms with Crippen molar-refractivity contribution in [3.05, 3.63) is 59.1 Å². The molecular weight excluding hydrogens is 401 g/mol. The summed E-state index contributed by atoms with van der Waals surface area (Å²) < 4.78 is 44.3. The topological polar surface area (TPSA) is 87.7 Å². The molecule has 0 saturated heterocycles. The van der Waals surface area contributed by atoms with Crippen LogP contribution in [0.5, 0.6) is 0 Å². The molecule has 2 aromatic carbocycles. The molecule has 28 heavy (non-hydrogen) atoms. The second kappa shape index (κ2) is 8.49. The monoisotopic (exact) mass is 416 g/mol. The summed E-state index contributed by atoms with van der Waals surface area (Å²) in [6.07, 6.45) is -5.29. The van der Waals surface area contributed by atoms with Gasteiger partial charge in [0.1, 0.15) is 0 Å². The van der Waals surface area contributed by atoms with Crippen molar-refractivity contribution in [2.75, 3.05) is 17.2 Å². The van der Waals surface area contributed by atoms with E-state index in [0.717, 1.165) is 24.3 Å². The minimum atomic E-state index is -5.29. The van der Waals surface area contributed by atoms with Gasteiger partial charge in [-0.05, 0) is 37.3 Å². The molecule has 10 heteroatoms. The zero-order valence-electron chi connectivity index (χ0n) is 14.5. The Labute approximate surface area is 163 Å². The van der Waals surface area contributed by atoms with E-state index < -0.39 is 29.3 Å². The number of halogens is 4. The molecule has 0 saturated carbocycles. The molecule has 0 fully saturated rings. The molecule has 0 radical (unpaired) electrons. The lowest BCUT2D eigenvalue weighted by molar-refractivity contribution is -0.267. The maximum absolute atomic E-state index is 13.3. The van der Waals surface area contributed by atoms with Crippen molar-refractivity contribution < 1.29 is 32.6 Å². The quantitative estimate of drug-likeness (QED) is 0.634. The van der Waals surface area contributed by atoms with Crippen LogP contribution in [0.15, 0.2) is 48.5 Å². The Bertz CT molecular complexity index is 859. The number of anilines is 2. The van der Waals surface area contributed by atoms with Gasteiger partial charge in [0.15, 0.2) is 0 Å². The van der Waals surface area contributed by atoms with Crippen LogP contribution in [-0.2, 0) is 15.1 Å². The normalized spacial score (nSPS) is 13.4. The third-order valence-corrected chi connectivity index (χ3v) is 3.86. The summed E-state index contributed by atoms with van der Waals surface area (Å²) in [6.45, 7) is 0.987. The number of esters is 1. The molecule has 0 aromatic heterocycles. The SMILES string of the molecule is CCOC(=O)[C@](O)(c1ccc(NC(=O)Nc2cccc(Cl)c2)cc1)C(F)(F)F. The van der Waals surface area contributed by atoms with Gasteiger partial charge in [-0.15, -0.1) is 0 Å². The predicted octanol–water partition coefficient (Wildman–Crippen LogP) is 4.30. The second-order valence-electron chi connectivity index (χ2n) is 5.60. The van der Waals surface area contributed by atoms with E-state index >= 15 is 0 Å². The number of carbonyl (C=O) groups is 2. The summed E-state index contributed by atoms with van der Waals surface area (Å²) in [5, 5.41) is 15.3. The molecule has 6 nitrogen and oxygen atoms in total. The maximum Gasteiger partial charge on any atom is 0.432 e. The fourth-order valence-corrected chi connectivity index (χ4v) is 2.48. The van der Waals surface area contributed by atoms with E-state index in [9.17, 15) is 27.9 Å². The molecule has 0 bridgehead atoms. The first-order chi connectivity index (χ1) is 13.1. The van der Waals surface area contributed by atoms with Gasteiger partial charge < -0.3 is 20.5 Å². The van der Waals surface area contributed by atoms with Crippen LogP contribution in [0.4, 0.5) is 29.3 Å². The van der Waals surface area contributed by atoms with E-state index in [1.165, 1.54) is 13.0 Å². The van der Waals surface area contributed by atoms with E-state index in [-0.39, 0.29) is 12.3 Å². The first-order valence-electron chi connectivity index (χ1n) is 7.98. The standard InChI is InChI=1S/C18H16ClF3N2O4/c1-2-28-15(25)17(27,18(20,21)22)11-6-8-13(9-7-11)23-16(26)24-14-5-3-4-12(19)10-14/h3-10,27H,2H2,1H3,(H2,23,24,26)/t17-/m1/s1. The Hall–Kier alpha value is -2.78. The van der Waals surface area contributed by atoms with E-state index in [1.807, 2.05) is 0 Å². The molecule has 0 heterocycles. The summed E-state index contributed by atoms with van der Waals surface area (Å²) in [5.74, 6) is -1.83. The molecular formula is C18H16ClF3N2O4. The number of hydrogen-bond acceptors (Lipinski definition) is 4. The molecule has 0 aliphatic rings. The Kier molecular flexibility index (Phi) is 6.52. The second-order valence-corrected chi connectivity index (χ2v) is 6.03. The van der Waals surface area contributed by atoms with Gasteiger partial charge in [-0.2, -0.15) is 13.2 Å². The van der Waals surface area contributed by atoms with Crippen LogP contribution in [0.3, 0.4) is 0 Å². The highest BCUT2D eigenvalue weighted by atomic mass is 35.5. The number of urea groups is 1. The van der Waals surface area contributed by atoms with Crippen molar-refractivity contribution in [3.8, 4) is 0 Å². The van der Waals surface area contributed by atoms with Gasteiger partial charge >= 0.3 is 18.2 Å². The number of aliphatic hydroxyl groups is 1. The summed E-state index contributed by atoms with van der Waals surface area (Å²) in [4.78, 5) is 23.7. The third-order valence-electron chi connectivity index (χ3n) is 3.62. The summed E-state index contributed by atoms with van der Waals surface area (Å²) in [6, 6.07) is 9.66. The summed E-state index contributed by atoms with van der Waals surface area (Å²) >= 11 is 5.81. The highest BCUT2D eigenvalue weighted by Gasteiger charge is 2.62. The minimum Gasteiger partial charge on any atom is -0.463 e. The Balaban J connectivity index is 2.17. The average molecular weight is 417 g/mol. The first kappa shape index (κ1) is 21.5. The number of rotatable bonds is 5. The van der Waals surface area contributed by atoms with Gasteiger partial charge in [0.05, 0.1) is 6.61 Å². The maximum atomic E-state index is 13.3. The zero-order chi connectivity index (χ0) is 20.9. The Morgan fingerprint density at radius 1 is 1.07 bits per heavy atom. The molecule has 0 spiro atoms. The van der Waals surface area contributed by atoms with E-state index in [1.54, 1.807) is 18.2 Å². The van der Waals surface area contributed by atoms with Crippen LogP contribution in [-0.4, -0.2) is 29.9 Å². The number of nitrogens with one attached hydrogen (secondary N) is 2. The van der Waals surface area contributed by atoms with Gasteiger partial charge in [-0.3, -0.25) is 0 Å². The average Bonchev–Trinajstić information content (AvgIpc) is 2.60. The lowest BCUT2D eigenvalue weighted by Gasteiger charge is -2.28. The lowest BCUT2D eigenvalue weighted by atomic mass is 9.93. The number of hydrogen-bond donors (Lipinski definition) is 3. The highest BCUT2D eigenvalue weighted by Crippen LogP contribution is 2.40. The molecule has 0 aliphatic carbocycles. The molecule has 1 atom stereocenters. The largest absolute Gasteiger partial charge is 0.463 e. The van der Waals surface area contributed by atoms with E-state index in [2.05, 4.69) is 15.4 Å². The first-order valence-corrected chi connectivity index (χ1v) is 8.36. The minimum absolute atomic E-state index is 0.136. The molecule has 2 aromatic rings. The van der Waals surface area contributed by atoms with Crippen molar-refractivity contribution in [2.45, 2.75) is 18.7 Å². The van der Waals surface area contributed by atoms with Crippen molar-refractivity contribution in [1.82, 2.24) is 0 Å². The van der Waals surface area contributed by atoms with Crippen molar-refractivity contribution in [3.63, 3.8) is 0 Å². The lowest BCUT2D eigenvalue weighted by Crippen LogP contribution is -2.50. The Morgan fingerprint density at radius 3 is 2.21 bits per heavy atom. The molecule has 2 amide bonds. The number of ether oxygens (including phenoxy) is 1. The molecule has 150 valence electrons. The molecule has 0 aliphatic heterocycles. The van der Waals surface area contributed by atoms with Crippen LogP contribution in [0.2, 0.25) is 5.02 Å². The Morgan fingerprint density at radius 2 is 1.68 bits per heavy atom. The smallest absolute Gasteiger partial charge is 0.432 e. The van der Waals surface area contributed by atoms with Gasteiger partial charge in [-0.1, -0.05) is 29.8 Å². The summed E-state index contributed by atoms with van der Waals surface area (Å²) in [7, 11) is 0. The van der Waals surface area contributed by atoms with Crippen molar-refractivity contribution in [1.29, 1.82) is 0 Å². The molecule has 0 unspecified atom stereocenters. The number of amides is 2. The highest BCUT2D eigenvalue weighted by molar-refractivity contribution is 6.30. The van der Waals surface area contributed by atoms with Crippen LogP contribution < -0.4 is 10.6 Å². The van der Waals surface area contributed by atoms with Crippen LogP contribution in [0.25, 0.3) is 0 Å². The van der Waals surface area contributed by atoms with Gasteiger partial charge in [0.2, 0.25) is 0 Å². The molecule has 2 rings (SSSR count). The number of alkyl halides is 3. The van der Waals surface area contributed by atoms with Gasteiger partial charge in [-0.25, -0.2) is 9.59 Å². The van der Waals surface area contributed by atoms with E-state index in [0.29, 0.717) is 10.7 Å². The van der Waals surface area contributed by atoms with Crippen LogP contribution in [0.1, 0.15) is 12.5 Å². The van der Waals surface area contributed by atoms with E-state index in [4.69, 9.17) is 11.6 Å². The van der Waals surface area contributed by atoms with Crippen LogP contribution in [0, 0.1) is 0 Å². The summed E-state index contributed by atoms with van der Waals surface area (Å²) in [5.41, 5.74) is -4.00. The predicted molar refractivity (Wildman–Crippen MR) is 97.1 cm³/mol. The number of carbonyl (C=O) groups excluding carboxylic acids is 2. The zero-order valence-corrected chi connectivity index (χ0v) is 15.3. The number of benzene rings is 2. The third kappa shape index (κ3) is 4.73. The fraction of sp³-hybridized carbons (Fsp3) is 0.222. The van der Waals surface area contributed by atoms with Gasteiger partial charge in [0.25, 0.3) is 5.60 Å². The fourth-order valence-electron chi connectivity index (χ4n) is 2.29. The molecule has 3 N–H and O–H groups in total. The van der Waals surface area contributed by atoms with Crippen molar-refractivity contribution >= 4 is 35.0 Å². The van der Waals surface area contributed by atoms with Crippen molar-refractivity contribution in [2.24, 2.45) is 0 Å². The van der Waals surface area contributed by atoms with Crippen LogP contribution >= 0.6 is 11.6 Å².